The SMILES string of the molecule is c1ccc(C2CCCN(Cc3cnc(N4CCCC4)s3)CC2)cc1. The highest BCUT2D eigenvalue weighted by Gasteiger charge is 2.20. The van der Waals surface area contributed by atoms with E-state index in [1.54, 1.807) is 0 Å². The van der Waals surface area contributed by atoms with E-state index in [0.29, 0.717) is 0 Å². The summed E-state index contributed by atoms with van der Waals surface area (Å²) in [5.41, 5.74) is 1.52. The average molecular weight is 342 g/mol. The molecule has 0 amide bonds. The van der Waals surface area contributed by atoms with Gasteiger partial charge in [-0.25, -0.2) is 4.98 Å². The summed E-state index contributed by atoms with van der Waals surface area (Å²) in [6.45, 7) is 5.88. The van der Waals surface area contributed by atoms with Crippen LogP contribution < -0.4 is 4.90 Å². The lowest BCUT2D eigenvalue weighted by Gasteiger charge is -2.19. The Labute approximate surface area is 149 Å². The summed E-state index contributed by atoms with van der Waals surface area (Å²) in [7, 11) is 0. The standard InChI is InChI=1S/C20H27N3S/c1-2-7-17(8-3-1)18-9-6-11-22(14-10-18)16-19-15-21-20(24-19)23-12-4-5-13-23/h1-3,7-8,15,18H,4-6,9-14,16H2. The molecule has 24 heavy (non-hydrogen) atoms. The molecule has 2 saturated heterocycles. The molecule has 2 fully saturated rings. The van der Waals surface area contributed by atoms with E-state index in [0.717, 1.165) is 12.5 Å². The van der Waals surface area contributed by atoms with Crippen LogP contribution in [0.4, 0.5) is 5.13 Å². The lowest BCUT2D eigenvalue weighted by atomic mass is 9.92. The van der Waals surface area contributed by atoms with Crippen molar-refractivity contribution in [3.05, 3.63) is 47.0 Å². The molecule has 0 bridgehead atoms. The molecule has 0 saturated carbocycles. The van der Waals surface area contributed by atoms with Gasteiger partial charge in [-0.15, -0.1) is 11.3 Å². The Kier molecular flexibility index (Phi) is 5.14. The number of thiazole rings is 1. The highest BCUT2D eigenvalue weighted by molar-refractivity contribution is 7.15. The van der Waals surface area contributed by atoms with Gasteiger partial charge in [0.05, 0.1) is 0 Å². The minimum Gasteiger partial charge on any atom is -0.348 e. The number of rotatable bonds is 4. The molecular weight excluding hydrogens is 314 g/mol. The van der Waals surface area contributed by atoms with Crippen LogP contribution >= 0.6 is 11.3 Å². The Morgan fingerprint density at radius 3 is 2.62 bits per heavy atom. The highest BCUT2D eigenvalue weighted by atomic mass is 32.1. The quantitative estimate of drug-likeness (QED) is 0.815. The Hall–Kier alpha value is -1.39. The van der Waals surface area contributed by atoms with E-state index in [1.807, 2.05) is 11.3 Å². The zero-order valence-corrected chi connectivity index (χ0v) is 15.2. The summed E-state index contributed by atoms with van der Waals surface area (Å²) >= 11 is 1.90. The summed E-state index contributed by atoms with van der Waals surface area (Å²) in [4.78, 5) is 11.2. The van der Waals surface area contributed by atoms with Crippen LogP contribution in [0.2, 0.25) is 0 Å². The normalized spacial score (nSPS) is 22.7. The monoisotopic (exact) mass is 341 g/mol. The third-order valence-corrected chi connectivity index (χ3v) is 6.43. The van der Waals surface area contributed by atoms with Gasteiger partial charge in [-0.3, -0.25) is 4.90 Å². The van der Waals surface area contributed by atoms with Crippen LogP contribution in [-0.4, -0.2) is 36.1 Å². The molecule has 1 aromatic carbocycles. The fourth-order valence-corrected chi connectivity index (χ4v) is 5.02. The van der Waals surface area contributed by atoms with Crippen LogP contribution in [0.15, 0.2) is 36.5 Å². The molecule has 0 N–H and O–H groups in total. The molecule has 0 spiro atoms. The maximum Gasteiger partial charge on any atom is 0.185 e. The van der Waals surface area contributed by atoms with E-state index in [1.165, 1.54) is 73.9 Å². The molecule has 3 heterocycles. The second-order valence-electron chi connectivity index (χ2n) is 7.12. The predicted octanol–water partition coefficient (Wildman–Crippen LogP) is 4.51. The number of nitrogens with zero attached hydrogens (tertiary/aromatic N) is 3. The van der Waals surface area contributed by atoms with E-state index in [2.05, 4.69) is 51.3 Å². The number of hydrogen-bond acceptors (Lipinski definition) is 4. The average Bonchev–Trinajstić information content (AvgIpc) is 3.25. The van der Waals surface area contributed by atoms with Crippen molar-refractivity contribution in [2.45, 2.75) is 44.6 Å². The van der Waals surface area contributed by atoms with Gasteiger partial charge in [-0.1, -0.05) is 30.3 Å². The fourth-order valence-electron chi connectivity index (χ4n) is 4.02. The molecule has 1 aromatic heterocycles. The maximum atomic E-state index is 4.67. The van der Waals surface area contributed by atoms with Gasteiger partial charge in [0.15, 0.2) is 5.13 Å². The van der Waals surface area contributed by atoms with E-state index in [-0.39, 0.29) is 0 Å². The van der Waals surface area contributed by atoms with Crippen molar-refractivity contribution in [2.24, 2.45) is 0 Å². The van der Waals surface area contributed by atoms with E-state index >= 15 is 0 Å². The molecule has 4 rings (SSSR count). The third-order valence-electron chi connectivity index (χ3n) is 5.39. The first-order valence-corrected chi connectivity index (χ1v) is 10.2. The van der Waals surface area contributed by atoms with E-state index < -0.39 is 0 Å². The van der Waals surface area contributed by atoms with Crippen molar-refractivity contribution in [3.63, 3.8) is 0 Å². The molecule has 3 nitrogen and oxygen atoms in total. The lowest BCUT2D eigenvalue weighted by Crippen LogP contribution is -2.23. The Morgan fingerprint density at radius 1 is 0.958 bits per heavy atom. The lowest BCUT2D eigenvalue weighted by molar-refractivity contribution is 0.278. The summed E-state index contributed by atoms with van der Waals surface area (Å²) < 4.78 is 0. The van der Waals surface area contributed by atoms with Gasteiger partial charge in [0, 0.05) is 30.7 Å². The molecular formula is C20H27N3S. The highest BCUT2D eigenvalue weighted by Crippen LogP contribution is 2.30. The third kappa shape index (κ3) is 3.81. The second kappa shape index (κ2) is 7.66. The molecule has 1 unspecified atom stereocenters. The fraction of sp³-hybridized carbons (Fsp3) is 0.550. The Bertz CT molecular complexity index is 633. The number of hydrogen-bond donors (Lipinski definition) is 0. The Morgan fingerprint density at radius 2 is 1.79 bits per heavy atom. The Balaban J connectivity index is 1.34. The maximum absolute atomic E-state index is 4.67. The van der Waals surface area contributed by atoms with Gasteiger partial charge in [0.25, 0.3) is 0 Å². The van der Waals surface area contributed by atoms with Crippen molar-refractivity contribution in [1.29, 1.82) is 0 Å². The first-order valence-electron chi connectivity index (χ1n) is 9.35. The van der Waals surface area contributed by atoms with Gasteiger partial charge >= 0.3 is 0 Å². The number of anilines is 1. The number of aromatic nitrogens is 1. The predicted molar refractivity (Wildman–Crippen MR) is 102 cm³/mol. The van der Waals surface area contributed by atoms with Crippen molar-refractivity contribution in [1.82, 2.24) is 9.88 Å². The van der Waals surface area contributed by atoms with Gasteiger partial charge in [0.2, 0.25) is 0 Å². The van der Waals surface area contributed by atoms with E-state index in [9.17, 15) is 0 Å². The van der Waals surface area contributed by atoms with Gasteiger partial charge in [-0.2, -0.15) is 0 Å². The molecule has 0 aliphatic carbocycles. The molecule has 2 aliphatic heterocycles. The summed E-state index contributed by atoms with van der Waals surface area (Å²) in [5, 5.41) is 1.24. The smallest absolute Gasteiger partial charge is 0.185 e. The number of likely N-dealkylation sites (tertiary alicyclic amines) is 1. The van der Waals surface area contributed by atoms with Crippen LogP contribution in [0.25, 0.3) is 0 Å². The zero-order valence-electron chi connectivity index (χ0n) is 14.4. The van der Waals surface area contributed by atoms with Crippen molar-refractivity contribution < 1.29 is 0 Å². The first-order chi connectivity index (χ1) is 11.9. The van der Waals surface area contributed by atoms with Crippen LogP contribution in [-0.2, 0) is 6.54 Å². The number of benzene rings is 1. The van der Waals surface area contributed by atoms with Gasteiger partial charge in [-0.05, 0) is 56.7 Å². The van der Waals surface area contributed by atoms with Gasteiger partial charge < -0.3 is 4.90 Å². The summed E-state index contributed by atoms with van der Waals surface area (Å²) in [6, 6.07) is 11.1. The van der Waals surface area contributed by atoms with Crippen molar-refractivity contribution >= 4 is 16.5 Å². The van der Waals surface area contributed by atoms with E-state index in [4.69, 9.17) is 0 Å². The van der Waals surface area contributed by atoms with Crippen molar-refractivity contribution in [3.8, 4) is 0 Å². The first kappa shape index (κ1) is 16.1. The molecule has 2 aliphatic rings. The van der Waals surface area contributed by atoms with Crippen molar-refractivity contribution in [2.75, 3.05) is 31.1 Å². The molecule has 128 valence electrons. The summed E-state index contributed by atoms with van der Waals surface area (Å²) in [6.07, 6.45) is 8.66. The van der Waals surface area contributed by atoms with Gasteiger partial charge in [0.1, 0.15) is 0 Å². The van der Waals surface area contributed by atoms with Crippen LogP contribution in [0.3, 0.4) is 0 Å². The minimum absolute atomic E-state index is 0.734. The van der Waals surface area contributed by atoms with Crippen LogP contribution in [0.5, 0.6) is 0 Å². The molecule has 1 atom stereocenters. The summed E-state index contributed by atoms with van der Waals surface area (Å²) in [5.74, 6) is 0.734. The topological polar surface area (TPSA) is 19.4 Å². The second-order valence-corrected chi connectivity index (χ2v) is 8.21. The zero-order chi connectivity index (χ0) is 16.2. The largest absolute Gasteiger partial charge is 0.348 e. The minimum atomic E-state index is 0.734. The molecule has 2 aromatic rings. The van der Waals surface area contributed by atoms with Crippen LogP contribution in [0.1, 0.15) is 48.5 Å². The molecule has 0 radical (unpaired) electrons. The van der Waals surface area contributed by atoms with Crippen LogP contribution in [0, 0.1) is 0 Å². The molecule has 4 heteroatoms.